The van der Waals surface area contributed by atoms with Gasteiger partial charge in [0.15, 0.2) is 0 Å². The second kappa shape index (κ2) is 6.88. The smallest absolute Gasteiger partial charge is 0.407 e. The highest BCUT2D eigenvalue weighted by molar-refractivity contribution is 5.92. The molecule has 114 valence electrons. The van der Waals surface area contributed by atoms with Crippen molar-refractivity contribution in [3.63, 3.8) is 0 Å². The normalized spacial score (nSPS) is 11.4. The molecular weight excluding hydrogens is 277 g/mol. The molecule has 1 aromatic rings. The molecule has 0 aliphatic carbocycles. The van der Waals surface area contributed by atoms with Crippen LogP contribution in [0.4, 0.5) is 9.18 Å². The standard InChI is InChI=1S/C15H18FNO4/c1-15(2,3)21-14(20)17-9-5-7-10-11(13(18)19)6-4-8-12(10)16/h4-8H,9H2,1-3H3,(H,17,20)(H,18,19). The Morgan fingerprint density at radius 3 is 2.62 bits per heavy atom. The molecule has 0 unspecified atom stereocenters. The summed E-state index contributed by atoms with van der Waals surface area (Å²) in [6, 6.07) is 3.81. The number of alkyl carbamates (subject to hydrolysis) is 1. The van der Waals surface area contributed by atoms with Gasteiger partial charge in [0.1, 0.15) is 11.4 Å². The summed E-state index contributed by atoms with van der Waals surface area (Å²) in [6.07, 6.45) is 2.17. The van der Waals surface area contributed by atoms with Crippen molar-refractivity contribution >= 4 is 18.1 Å². The number of carbonyl (C=O) groups is 2. The first-order valence-corrected chi connectivity index (χ1v) is 6.36. The third-order valence-corrected chi connectivity index (χ3v) is 2.33. The van der Waals surface area contributed by atoms with Crippen LogP contribution in [0.15, 0.2) is 24.3 Å². The first kappa shape index (κ1) is 16.7. The van der Waals surface area contributed by atoms with E-state index in [1.54, 1.807) is 20.8 Å². The molecule has 1 rings (SSSR count). The molecule has 5 nitrogen and oxygen atoms in total. The molecule has 0 aliphatic heterocycles. The molecule has 0 bridgehead atoms. The zero-order valence-electron chi connectivity index (χ0n) is 12.1. The van der Waals surface area contributed by atoms with Gasteiger partial charge in [-0.1, -0.05) is 18.2 Å². The van der Waals surface area contributed by atoms with Gasteiger partial charge in [-0.3, -0.25) is 0 Å². The summed E-state index contributed by atoms with van der Waals surface area (Å²) in [5.41, 5.74) is -0.768. The van der Waals surface area contributed by atoms with Gasteiger partial charge in [0.25, 0.3) is 0 Å². The van der Waals surface area contributed by atoms with E-state index in [0.717, 1.165) is 0 Å². The van der Waals surface area contributed by atoms with E-state index in [-0.39, 0.29) is 17.7 Å². The summed E-state index contributed by atoms with van der Waals surface area (Å²) < 4.78 is 18.6. The number of carbonyl (C=O) groups excluding carboxylic acids is 1. The Kier molecular flexibility index (Phi) is 5.46. The van der Waals surface area contributed by atoms with Crippen LogP contribution >= 0.6 is 0 Å². The Balaban J connectivity index is 2.66. The van der Waals surface area contributed by atoms with Crippen LogP contribution in [0, 0.1) is 5.82 Å². The fourth-order valence-corrected chi connectivity index (χ4v) is 1.53. The van der Waals surface area contributed by atoms with Gasteiger partial charge in [-0.25, -0.2) is 14.0 Å². The molecule has 0 radical (unpaired) electrons. The second-order valence-corrected chi connectivity index (χ2v) is 5.29. The number of ether oxygens (including phenoxy) is 1. The van der Waals surface area contributed by atoms with Gasteiger partial charge in [-0.2, -0.15) is 0 Å². The number of hydrogen-bond acceptors (Lipinski definition) is 3. The van der Waals surface area contributed by atoms with E-state index in [0.29, 0.717) is 0 Å². The highest BCUT2D eigenvalue weighted by Crippen LogP contribution is 2.15. The lowest BCUT2D eigenvalue weighted by atomic mass is 10.1. The minimum absolute atomic E-state index is 0.0315. The van der Waals surface area contributed by atoms with E-state index in [9.17, 15) is 14.0 Å². The first-order valence-electron chi connectivity index (χ1n) is 6.36. The van der Waals surface area contributed by atoms with Crippen LogP contribution in [-0.2, 0) is 4.74 Å². The molecule has 0 fully saturated rings. The van der Waals surface area contributed by atoms with Crippen LogP contribution in [0.2, 0.25) is 0 Å². The zero-order valence-corrected chi connectivity index (χ0v) is 12.1. The van der Waals surface area contributed by atoms with Crippen molar-refractivity contribution in [2.45, 2.75) is 26.4 Å². The number of rotatable bonds is 4. The SMILES string of the molecule is CC(C)(C)OC(=O)NCC=Cc1c(F)cccc1C(=O)O. The molecule has 0 saturated carbocycles. The molecule has 0 atom stereocenters. The third-order valence-electron chi connectivity index (χ3n) is 2.33. The molecule has 1 amide bonds. The van der Waals surface area contributed by atoms with Gasteiger partial charge in [0.05, 0.1) is 5.56 Å². The summed E-state index contributed by atoms with van der Waals surface area (Å²) >= 11 is 0. The number of benzene rings is 1. The molecule has 21 heavy (non-hydrogen) atoms. The lowest BCUT2D eigenvalue weighted by Gasteiger charge is -2.19. The van der Waals surface area contributed by atoms with E-state index in [1.165, 1.54) is 30.4 Å². The lowest BCUT2D eigenvalue weighted by Crippen LogP contribution is -2.32. The van der Waals surface area contributed by atoms with Crippen LogP contribution in [0.5, 0.6) is 0 Å². The molecule has 0 spiro atoms. The lowest BCUT2D eigenvalue weighted by molar-refractivity contribution is 0.0533. The molecule has 0 aromatic heterocycles. The van der Waals surface area contributed by atoms with Gasteiger partial charge in [-0.05, 0) is 32.9 Å². The van der Waals surface area contributed by atoms with E-state index in [1.807, 2.05) is 0 Å². The van der Waals surface area contributed by atoms with E-state index >= 15 is 0 Å². The molecular formula is C15H18FNO4. The maximum atomic E-state index is 13.6. The average Bonchev–Trinajstić information content (AvgIpc) is 2.33. The molecule has 1 aromatic carbocycles. The number of amides is 1. The van der Waals surface area contributed by atoms with Crippen molar-refractivity contribution in [3.8, 4) is 0 Å². The Bertz CT molecular complexity index is 561. The van der Waals surface area contributed by atoms with Gasteiger partial charge < -0.3 is 15.2 Å². The number of carboxylic acids is 1. The highest BCUT2D eigenvalue weighted by atomic mass is 19.1. The Labute approximate surface area is 122 Å². The Hall–Kier alpha value is -2.37. The molecule has 0 saturated heterocycles. The average molecular weight is 295 g/mol. The minimum Gasteiger partial charge on any atom is -0.478 e. The number of carboxylic acid groups (broad SMARTS) is 1. The molecule has 0 aliphatic rings. The molecule has 6 heteroatoms. The van der Waals surface area contributed by atoms with Crippen molar-refractivity contribution in [3.05, 3.63) is 41.2 Å². The summed E-state index contributed by atoms with van der Waals surface area (Å²) in [5, 5.41) is 11.4. The van der Waals surface area contributed by atoms with Crippen LogP contribution in [0.25, 0.3) is 6.08 Å². The largest absolute Gasteiger partial charge is 0.478 e. The fraction of sp³-hybridized carbons (Fsp3) is 0.333. The second-order valence-electron chi connectivity index (χ2n) is 5.29. The Morgan fingerprint density at radius 1 is 1.38 bits per heavy atom. The van der Waals surface area contributed by atoms with Crippen molar-refractivity contribution in [2.24, 2.45) is 0 Å². The number of hydrogen-bond donors (Lipinski definition) is 2. The van der Waals surface area contributed by atoms with Crippen LogP contribution in [0.3, 0.4) is 0 Å². The monoisotopic (exact) mass is 295 g/mol. The van der Waals surface area contributed by atoms with Crippen molar-refractivity contribution in [2.75, 3.05) is 6.54 Å². The first-order chi connectivity index (χ1) is 9.70. The van der Waals surface area contributed by atoms with Crippen LogP contribution in [-0.4, -0.2) is 29.3 Å². The van der Waals surface area contributed by atoms with E-state index < -0.39 is 23.5 Å². The number of halogens is 1. The summed E-state index contributed by atoms with van der Waals surface area (Å²) in [4.78, 5) is 22.4. The predicted molar refractivity (Wildman–Crippen MR) is 76.6 cm³/mol. The summed E-state index contributed by atoms with van der Waals surface area (Å²) in [7, 11) is 0. The van der Waals surface area contributed by atoms with Gasteiger partial charge in [0.2, 0.25) is 0 Å². The predicted octanol–water partition coefficient (Wildman–Crippen LogP) is 3.06. The van der Waals surface area contributed by atoms with Crippen LogP contribution < -0.4 is 5.32 Å². The third kappa shape index (κ3) is 5.64. The minimum atomic E-state index is -1.21. The quantitative estimate of drug-likeness (QED) is 0.895. The van der Waals surface area contributed by atoms with Gasteiger partial charge in [0, 0.05) is 12.1 Å². The maximum absolute atomic E-state index is 13.6. The fourth-order valence-electron chi connectivity index (χ4n) is 1.53. The summed E-state index contributed by atoms with van der Waals surface area (Å²) in [6.45, 7) is 5.31. The van der Waals surface area contributed by atoms with Gasteiger partial charge >= 0.3 is 12.1 Å². The molecule has 2 N–H and O–H groups in total. The topological polar surface area (TPSA) is 75.6 Å². The zero-order chi connectivity index (χ0) is 16.0. The Morgan fingerprint density at radius 2 is 2.05 bits per heavy atom. The highest BCUT2D eigenvalue weighted by Gasteiger charge is 2.15. The van der Waals surface area contributed by atoms with Crippen molar-refractivity contribution in [1.29, 1.82) is 0 Å². The summed E-state index contributed by atoms with van der Waals surface area (Å²) in [5.74, 6) is -1.85. The van der Waals surface area contributed by atoms with Crippen molar-refractivity contribution < 1.29 is 23.8 Å². The van der Waals surface area contributed by atoms with E-state index in [2.05, 4.69) is 5.32 Å². The number of nitrogens with one attached hydrogen (secondary N) is 1. The van der Waals surface area contributed by atoms with E-state index in [4.69, 9.17) is 9.84 Å². The molecule has 0 heterocycles. The number of aromatic carboxylic acids is 1. The van der Waals surface area contributed by atoms with Crippen molar-refractivity contribution in [1.82, 2.24) is 5.32 Å². The maximum Gasteiger partial charge on any atom is 0.407 e. The van der Waals surface area contributed by atoms with Gasteiger partial charge in [-0.15, -0.1) is 0 Å². The van der Waals surface area contributed by atoms with Crippen LogP contribution in [0.1, 0.15) is 36.7 Å².